The van der Waals surface area contributed by atoms with Crippen LogP contribution in [0.1, 0.15) is 24.3 Å². The van der Waals surface area contributed by atoms with Gasteiger partial charge in [-0.1, -0.05) is 80.6 Å². The van der Waals surface area contributed by atoms with Crippen LogP contribution >= 0.6 is 7.92 Å². The molecule has 0 fully saturated rings. The first-order valence-corrected chi connectivity index (χ1v) is 11.2. The number of amides is 1. The summed E-state index contributed by atoms with van der Waals surface area (Å²) in [4.78, 5) is 19.1. The molecule has 1 amide bonds. The van der Waals surface area contributed by atoms with E-state index in [0.29, 0.717) is 11.6 Å². The average Bonchev–Trinajstić information content (AvgIpc) is 2.75. The number of hydrogen-bond donors (Lipinski definition) is 0. The highest BCUT2D eigenvalue weighted by Crippen LogP contribution is 2.36. The third kappa shape index (κ3) is 4.85. The van der Waals surface area contributed by atoms with E-state index in [2.05, 4.69) is 79.5 Å². The van der Waals surface area contributed by atoms with Gasteiger partial charge in [-0.2, -0.15) is 0 Å². The maximum absolute atomic E-state index is 13.0. The summed E-state index contributed by atoms with van der Waals surface area (Å²) in [6.45, 7) is 4.38. The fourth-order valence-electron chi connectivity index (χ4n) is 3.36. The lowest BCUT2D eigenvalue weighted by molar-refractivity contribution is 0.0704. The summed E-state index contributed by atoms with van der Waals surface area (Å²) in [5, 5.41) is 2.68. The minimum atomic E-state index is -0.563. The van der Waals surface area contributed by atoms with Gasteiger partial charge >= 0.3 is 0 Å². The highest BCUT2D eigenvalue weighted by atomic mass is 31.1. The quantitative estimate of drug-likeness (QED) is 0.563. The van der Waals surface area contributed by atoms with E-state index in [9.17, 15) is 4.79 Å². The number of nitrogens with zero attached hydrogens (tertiary/aromatic N) is 2. The highest BCUT2D eigenvalue weighted by molar-refractivity contribution is 7.73. The highest BCUT2D eigenvalue weighted by Gasteiger charge is 2.28. The Hall–Kier alpha value is -2.51. The standard InChI is InChI=1S/C24H27N2OP/c1-19(2)23(26(3)24(27)22-16-10-11-17-25-22)18-28(20-12-6-4-7-13-20)21-14-8-5-9-15-21/h4-17,19,23H,18H2,1-3H3/t23-/m1/s1. The third-order valence-corrected chi connectivity index (χ3v) is 7.56. The lowest BCUT2D eigenvalue weighted by Gasteiger charge is -2.34. The van der Waals surface area contributed by atoms with Crippen LogP contribution in [0.25, 0.3) is 0 Å². The fraction of sp³-hybridized carbons (Fsp3) is 0.250. The van der Waals surface area contributed by atoms with Crippen LogP contribution in [0.15, 0.2) is 85.1 Å². The number of pyridine rings is 1. The Bertz CT molecular complexity index is 829. The number of carbonyl (C=O) groups is 1. The van der Waals surface area contributed by atoms with Gasteiger partial charge in [0, 0.05) is 19.3 Å². The Morgan fingerprint density at radius 3 is 1.89 bits per heavy atom. The molecule has 0 aliphatic carbocycles. The van der Waals surface area contributed by atoms with Gasteiger partial charge in [-0.3, -0.25) is 9.78 Å². The molecule has 1 atom stereocenters. The van der Waals surface area contributed by atoms with Crippen molar-refractivity contribution in [1.29, 1.82) is 0 Å². The number of carbonyl (C=O) groups excluding carboxylic acids is 1. The number of aromatic nitrogens is 1. The van der Waals surface area contributed by atoms with Gasteiger partial charge in [0.1, 0.15) is 5.69 Å². The zero-order valence-corrected chi connectivity index (χ0v) is 17.6. The van der Waals surface area contributed by atoms with E-state index in [-0.39, 0.29) is 11.9 Å². The second-order valence-electron chi connectivity index (χ2n) is 7.22. The first-order chi connectivity index (χ1) is 13.6. The van der Waals surface area contributed by atoms with Crippen molar-refractivity contribution >= 4 is 24.4 Å². The molecule has 0 N–H and O–H groups in total. The molecule has 0 bridgehead atoms. The average molecular weight is 390 g/mol. The Morgan fingerprint density at radius 1 is 0.893 bits per heavy atom. The molecular weight excluding hydrogens is 363 g/mol. The molecule has 3 aromatic rings. The first-order valence-electron chi connectivity index (χ1n) is 9.63. The van der Waals surface area contributed by atoms with E-state index in [1.807, 2.05) is 24.1 Å². The molecule has 0 unspecified atom stereocenters. The molecule has 2 aromatic carbocycles. The molecule has 0 saturated heterocycles. The molecule has 3 rings (SSSR count). The summed E-state index contributed by atoms with van der Waals surface area (Å²) in [7, 11) is 1.34. The minimum absolute atomic E-state index is 0.0182. The summed E-state index contributed by atoms with van der Waals surface area (Å²) in [5.41, 5.74) is 0.499. The van der Waals surface area contributed by atoms with Crippen LogP contribution < -0.4 is 10.6 Å². The van der Waals surface area contributed by atoms with Gasteiger partial charge < -0.3 is 4.90 Å². The molecule has 0 aliphatic rings. The summed E-state index contributed by atoms with van der Waals surface area (Å²) in [6.07, 6.45) is 2.60. The van der Waals surface area contributed by atoms with Crippen molar-refractivity contribution < 1.29 is 4.79 Å². The Kier molecular flexibility index (Phi) is 6.95. The molecular formula is C24H27N2OP. The molecule has 4 heteroatoms. The van der Waals surface area contributed by atoms with Crippen LogP contribution in [0.2, 0.25) is 0 Å². The van der Waals surface area contributed by atoms with E-state index < -0.39 is 7.92 Å². The Balaban J connectivity index is 1.91. The molecule has 28 heavy (non-hydrogen) atoms. The van der Waals surface area contributed by atoms with Crippen LogP contribution in [0, 0.1) is 5.92 Å². The second-order valence-corrected chi connectivity index (χ2v) is 9.48. The summed E-state index contributed by atoms with van der Waals surface area (Å²) < 4.78 is 0. The van der Waals surface area contributed by atoms with Crippen molar-refractivity contribution in [1.82, 2.24) is 9.88 Å². The molecule has 3 nitrogen and oxygen atoms in total. The van der Waals surface area contributed by atoms with Crippen LogP contribution in [-0.2, 0) is 0 Å². The van der Waals surface area contributed by atoms with Crippen molar-refractivity contribution in [2.45, 2.75) is 19.9 Å². The predicted molar refractivity (Wildman–Crippen MR) is 119 cm³/mol. The maximum atomic E-state index is 13.0. The fourth-order valence-corrected chi connectivity index (χ4v) is 6.19. The Labute approximate surface area is 169 Å². The van der Waals surface area contributed by atoms with Gasteiger partial charge in [0.25, 0.3) is 5.91 Å². The first kappa shape index (κ1) is 20.2. The van der Waals surface area contributed by atoms with E-state index in [1.54, 1.807) is 12.3 Å². The predicted octanol–water partition coefficient (Wildman–Crippen LogP) is 4.31. The zero-order valence-electron chi connectivity index (χ0n) is 16.7. The van der Waals surface area contributed by atoms with Crippen LogP contribution in [0.5, 0.6) is 0 Å². The largest absolute Gasteiger partial charge is 0.337 e. The molecule has 0 radical (unpaired) electrons. The normalized spacial score (nSPS) is 12.2. The van der Waals surface area contributed by atoms with E-state index in [4.69, 9.17) is 0 Å². The minimum Gasteiger partial charge on any atom is -0.337 e. The SMILES string of the molecule is CC(C)[C@@H](CP(c1ccccc1)c1ccccc1)N(C)C(=O)c1ccccn1. The topological polar surface area (TPSA) is 33.2 Å². The zero-order chi connectivity index (χ0) is 19.9. The molecule has 1 heterocycles. The number of hydrogen-bond acceptors (Lipinski definition) is 2. The molecule has 0 spiro atoms. The summed E-state index contributed by atoms with van der Waals surface area (Å²) >= 11 is 0. The van der Waals surface area contributed by atoms with Gasteiger partial charge in [-0.05, 0) is 42.7 Å². The van der Waals surface area contributed by atoms with Crippen LogP contribution in [0.3, 0.4) is 0 Å². The van der Waals surface area contributed by atoms with Gasteiger partial charge in [0.15, 0.2) is 0 Å². The Morgan fingerprint density at radius 2 is 1.43 bits per heavy atom. The molecule has 1 aromatic heterocycles. The smallest absolute Gasteiger partial charge is 0.272 e. The van der Waals surface area contributed by atoms with Gasteiger partial charge in [0.05, 0.1) is 0 Å². The van der Waals surface area contributed by atoms with Crippen molar-refractivity contribution in [3.05, 3.63) is 90.8 Å². The molecule has 0 saturated carbocycles. The number of benzene rings is 2. The lowest BCUT2D eigenvalue weighted by Crippen LogP contribution is -2.43. The lowest BCUT2D eigenvalue weighted by atomic mass is 10.0. The van der Waals surface area contributed by atoms with Crippen LogP contribution in [-0.4, -0.2) is 35.0 Å². The van der Waals surface area contributed by atoms with Gasteiger partial charge in [-0.15, -0.1) is 0 Å². The van der Waals surface area contributed by atoms with Gasteiger partial charge in [-0.25, -0.2) is 0 Å². The van der Waals surface area contributed by atoms with E-state index >= 15 is 0 Å². The van der Waals surface area contributed by atoms with Crippen LogP contribution in [0.4, 0.5) is 0 Å². The summed E-state index contributed by atoms with van der Waals surface area (Å²) in [6, 6.07) is 26.9. The summed E-state index contributed by atoms with van der Waals surface area (Å²) in [5.74, 6) is 0.325. The van der Waals surface area contributed by atoms with Crippen molar-refractivity contribution in [3.63, 3.8) is 0 Å². The molecule has 0 aliphatic heterocycles. The van der Waals surface area contributed by atoms with Crippen molar-refractivity contribution in [2.24, 2.45) is 5.92 Å². The molecule has 144 valence electrons. The third-order valence-electron chi connectivity index (χ3n) is 4.98. The van der Waals surface area contributed by atoms with Crippen molar-refractivity contribution in [2.75, 3.05) is 13.2 Å². The van der Waals surface area contributed by atoms with E-state index in [0.717, 1.165) is 6.16 Å². The monoisotopic (exact) mass is 390 g/mol. The van der Waals surface area contributed by atoms with Gasteiger partial charge in [0.2, 0.25) is 0 Å². The van der Waals surface area contributed by atoms with Crippen molar-refractivity contribution in [3.8, 4) is 0 Å². The number of rotatable bonds is 7. The maximum Gasteiger partial charge on any atom is 0.272 e. The van der Waals surface area contributed by atoms with E-state index in [1.165, 1.54) is 10.6 Å². The second kappa shape index (κ2) is 9.61.